The molecule has 0 saturated carbocycles. The summed E-state index contributed by atoms with van der Waals surface area (Å²) in [5, 5.41) is 14.7. The predicted molar refractivity (Wildman–Crippen MR) is 106 cm³/mol. The van der Waals surface area contributed by atoms with Gasteiger partial charge in [-0.2, -0.15) is 5.10 Å². The number of carboxylic acid groups (broad SMARTS) is 1. The molecule has 1 atom stereocenters. The monoisotopic (exact) mass is 373 g/mol. The minimum Gasteiger partial charge on any atom is -0.478 e. The number of hydrogen-bond acceptors (Lipinski definition) is 5. The molecule has 3 N–H and O–H groups in total. The number of aromatic nitrogens is 4. The van der Waals surface area contributed by atoms with E-state index in [4.69, 9.17) is 5.73 Å². The Morgan fingerprint density at radius 2 is 1.93 bits per heavy atom. The van der Waals surface area contributed by atoms with E-state index < -0.39 is 5.97 Å². The average molecular weight is 373 g/mol. The highest BCUT2D eigenvalue weighted by Crippen LogP contribution is 2.29. The summed E-state index contributed by atoms with van der Waals surface area (Å²) < 4.78 is 1.65. The zero-order chi connectivity index (χ0) is 19.8. The smallest absolute Gasteiger partial charge is 0.336 e. The Bertz CT molecular complexity index is 1200. The molecule has 28 heavy (non-hydrogen) atoms. The maximum atomic E-state index is 11.9. The zero-order valence-electron chi connectivity index (χ0n) is 15.5. The number of carboxylic acids is 1. The van der Waals surface area contributed by atoms with E-state index in [1.807, 2.05) is 56.3 Å². The van der Waals surface area contributed by atoms with Crippen LogP contribution in [0.2, 0.25) is 0 Å². The molecule has 0 spiro atoms. The largest absolute Gasteiger partial charge is 0.478 e. The van der Waals surface area contributed by atoms with Gasteiger partial charge in [0.25, 0.3) is 0 Å². The minimum atomic E-state index is -1.02. The van der Waals surface area contributed by atoms with E-state index in [2.05, 4.69) is 15.1 Å². The van der Waals surface area contributed by atoms with Gasteiger partial charge in [-0.25, -0.2) is 14.5 Å². The van der Waals surface area contributed by atoms with Gasteiger partial charge in [-0.3, -0.25) is 4.98 Å². The molecule has 0 aliphatic heterocycles. The maximum Gasteiger partial charge on any atom is 0.336 e. The number of aromatic carboxylic acids is 1. The highest BCUT2D eigenvalue weighted by Gasteiger charge is 2.17. The lowest BCUT2D eigenvalue weighted by atomic mass is 10.0. The van der Waals surface area contributed by atoms with Crippen molar-refractivity contribution in [3.05, 3.63) is 71.7 Å². The number of hydrogen-bond donors (Lipinski definition) is 2. The summed E-state index contributed by atoms with van der Waals surface area (Å²) in [7, 11) is 0. The Morgan fingerprint density at radius 3 is 2.64 bits per heavy atom. The van der Waals surface area contributed by atoms with E-state index in [0.29, 0.717) is 28.0 Å². The number of pyridine rings is 2. The van der Waals surface area contributed by atoms with Gasteiger partial charge in [-0.05, 0) is 50.2 Å². The molecule has 0 amide bonds. The lowest BCUT2D eigenvalue weighted by molar-refractivity contribution is 0.0699. The molecule has 0 bridgehead atoms. The molecule has 0 aliphatic carbocycles. The molecule has 0 fully saturated rings. The summed E-state index contributed by atoms with van der Waals surface area (Å²) in [6.45, 7) is 3.75. The van der Waals surface area contributed by atoms with Crippen LogP contribution in [0.15, 0.2) is 54.7 Å². The van der Waals surface area contributed by atoms with Gasteiger partial charge in [-0.15, -0.1) is 0 Å². The van der Waals surface area contributed by atoms with Crippen LogP contribution in [0.25, 0.3) is 28.0 Å². The van der Waals surface area contributed by atoms with Crippen molar-refractivity contribution in [3.8, 4) is 17.1 Å². The van der Waals surface area contributed by atoms with Crippen molar-refractivity contribution in [2.45, 2.75) is 19.9 Å². The van der Waals surface area contributed by atoms with Gasteiger partial charge in [0, 0.05) is 22.7 Å². The van der Waals surface area contributed by atoms with Crippen molar-refractivity contribution >= 4 is 16.9 Å². The Balaban J connectivity index is 1.97. The number of fused-ring (bicyclic) bond motifs is 1. The number of nitrogens with zero attached hydrogens (tertiary/aromatic N) is 4. The lowest BCUT2D eigenvalue weighted by Crippen LogP contribution is -2.07. The van der Waals surface area contributed by atoms with E-state index in [9.17, 15) is 9.90 Å². The van der Waals surface area contributed by atoms with Crippen molar-refractivity contribution in [1.29, 1.82) is 0 Å². The molecule has 140 valence electrons. The summed E-state index contributed by atoms with van der Waals surface area (Å²) in [6, 6.07) is 14.5. The van der Waals surface area contributed by atoms with Gasteiger partial charge in [0.15, 0.2) is 5.82 Å². The van der Waals surface area contributed by atoms with Gasteiger partial charge < -0.3 is 10.8 Å². The summed E-state index contributed by atoms with van der Waals surface area (Å²) >= 11 is 0. The second kappa shape index (κ2) is 6.86. The van der Waals surface area contributed by atoms with Gasteiger partial charge in [0.1, 0.15) is 0 Å². The second-order valence-electron chi connectivity index (χ2n) is 6.69. The molecule has 1 aromatic carbocycles. The van der Waals surface area contributed by atoms with Crippen molar-refractivity contribution in [2.75, 3.05) is 0 Å². The molecule has 7 nitrogen and oxygen atoms in total. The number of benzene rings is 1. The van der Waals surface area contributed by atoms with Gasteiger partial charge >= 0.3 is 5.97 Å². The van der Waals surface area contributed by atoms with Gasteiger partial charge in [-0.1, -0.05) is 12.1 Å². The van der Waals surface area contributed by atoms with Crippen LogP contribution >= 0.6 is 0 Å². The third kappa shape index (κ3) is 3.12. The first-order valence-corrected chi connectivity index (χ1v) is 8.86. The summed E-state index contributed by atoms with van der Waals surface area (Å²) in [4.78, 5) is 21.0. The predicted octanol–water partition coefficient (Wildman–Crippen LogP) is 3.51. The number of rotatable bonds is 4. The average Bonchev–Trinajstić information content (AvgIpc) is 3.11. The zero-order valence-corrected chi connectivity index (χ0v) is 15.5. The Morgan fingerprint density at radius 1 is 1.14 bits per heavy atom. The van der Waals surface area contributed by atoms with Crippen molar-refractivity contribution in [3.63, 3.8) is 0 Å². The third-order valence-corrected chi connectivity index (χ3v) is 4.54. The molecule has 3 aromatic heterocycles. The van der Waals surface area contributed by atoms with Crippen LogP contribution in [0, 0.1) is 6.92 Å². The molecule has 0 aliphatic rings. The fourth-order valence-corrected chi connectivity index (χ4v) is 3.15. The van der Waals surface area contributed by atoms with E-state index in [0.717, 1.165) is 11.4 Å². The fraction of sp³-hybridized carbons (Fsp3) is 0.143. The van der Waals surface area contributed by atoms with Crippen LogP contribution in [0.3, 0.4) is 0 Å². The highest BCUT2D eigenvalue weighted by atomic mass is 16.4. The van der Waals surface area contributed by atoms with E-state index in [-0.39, 0.29) is 11.6 Å². The van der Waals surface area contributed by atoms with E-state index in [1.165, 1.54) is 0 Å². The fourth-order valence-electron chi connectivity index (χ4n) is 3.15. The van der Waals surface area contributed by atoms with Crippen LogP contribution in [-0.4, -0.2) is 30.8 Å². The number of aryl methyl sites for hydroxylation is 1. The molecule has 4 rings (SSSR count). The topological polar surface area (TPSA) is 107 Å². The van der Waals surface area contributed by atoms with Crippen molar-refractivity contribution in [1.82, 2.24) is 19.7 Å². The normalized spacial score (nSPS) is 12.2. The molecule has 0 saturated heterocycles. The Kier molecular flexibility index (Phi) is 4.37. The third-order valence-electron chi connectivity index (χ3n) is 4.54. The molecule has 7 heteroatoms. The van der Waals surface area contributed by atoms with Gasteiger partial charge in [0.2, 0.25) is 0 Å². The van der Waals surface area contributed by atoms with E-state index >= 15 is 0 Å². The molecular weight excluding hydrogens is 354 g/mol. The molecule has 1 unspecified atom stereocenters. The van der Waals surface area contributed by atoms with Crippen LogP contribution in [0.1, 0.15) is 34.7 Å². The Hall–Kier alpha value is -3.58. The first-order valence-electron chi connectivity index (χ1n) is 8.86. The van der Waals surface area contributed by atoms with Crippen LogP contribution in [0.4, 0.5) is 0 Å². The first-order chi connectivity index (χ1) is 13.4. The van der Waals surface area contributed by atoms with Crippen LogP contribution in [0.5, 0.6) is 0 Å². The Labute approximate surface area is 161 Å². The van der Waals surface area contributed by atoms with Crippen LogP contribution in [-0.2, 0) is 0 Å². The number of nitrogens with two attached hydrogens (primary N) is 1. The van der Waals surface area contributed by atoms with Crippen LogP contribution < -0.4 is 5.73 Å². The highest BCUT2D eigenvalue weighted by molar-refractivity contribution is 6.04. The molecule has 0 radical (unpaired) electrons. The molecule has 3 heterocycles. The maximum absolute atomic E-state index is 11.9. The summed E-state index contributed by atoms with van der Waals surface area (Å²) in [5.41, 5.74) is 9.70. The van der Waals surface area contributed by atoms with Crippen molar-refractivity contribution < 1.29 is 9.90 Å². The SMILES string of the molecule is Cc1cccc(-n2ncc3c(C(=O)O)cc(-c4cccc(C(C)N)n4)cc32)n1. The molecular formula is C21H19N5O2. The standard InChI is InChI=1S/C21H19N5O2/c1-12-5-3-8-20(24-12)26-19-10-14(9-15(21(27)28)16(19)11-23-26)18-7-4-6-17(25-18)13(2)22/h3-11,13H,22H2,1-2H3,(H,27,28). The second-order valence-corrected chi connectivity index (χ2v) is 6.69. The number of carbonyl (C=O) groups is 1. The van der Waals surface area contributed by atoms with Gasteiger partial charge in [0.05, 0.1) is 28.7 Å². The summed E-state index contributed by atoms with van der Waals surface area (Å²) in [5.74, 6) is -0.396. The minimum absolute atomic E-state index is 0.166. The molecule has 4 aromatic rings. The lowest BCUT2D eigenvalue weighted by Gasteiger charge is -2.10. The van der Waals surface area contributed by atoms with Crippen molar-refractivity contribution in [2.24, 2.45) is 5.73 Å². The first kappa shape index (κ1) is 17.8. The van der Waals surface area contributed by atoms with E-state index in [1.54, 1.807) is 16.9 Å². The quantitative estimate of drug-likeness (QED) is 0.567. The summed E-state index contributed by atoms with van der Waals surface area (Å²) in [6.07, 6.45) is 1.55.